The van der Waals surface area contributed by atoms with Crippen LogP contribution in [0, 0.1) is 0 Å². The summed E-state index contributed by atoms with van der Waals surface area (Å²) in [7, 11) is -1.27. The Morgan fingerprint density at radius 2 is 1.89 bits per heavy atom. The lowest BCUT2D eigenvalue weighted by Crippen LogP contribution is -2.49. The van der Waals surface area contributed by atoms with Gasteiger partial charge in [0, 0.05) is 17.9 Å². The van der Waals surface area contributed by atoms with Gasteiger partial charge in [-0.15, -0.1) is 0 Å². The highest BCUT2D eigenvalue weighted by atomic mass is 32.2. The number of quaternary nitrogens is 1. The Morgan fingerprint density at radius 3 is 2.22 bits per heavy atom. The number of hydrogen-bond acceptors (Lipinski definition) is 4. The zero-order valence-corrected chi connectivity index (χ0v) is 10.9. The SMILES string of the molecule is C[N+](C)(C)C(CCN=[N+]=[N-])OS(=O)(=O)C(F)(F)F. The third-order valence-electron chi connectivity index (χ3n) is 1.92. The van der Waals surface area contributed by atoms with Gasteiger partial charge in [0.2, 0.25) is 6.23 Å². The first-order valence-electron chi connectivity index (χ1n) is 4.73. The molecule has 0 aromatic heterocycles. The molecule has 0 aliphatic rings. The van der Waals surface area contributed by atoms with Crippen LogP contribution in [0.1, 0.15) is 6.42 Å². The average molecular weight is 291 g/mol. The quantitative estimate of drug-likeness (QED) is 0.141. The molecule has 0 spiro atoms. The third-order valence-corrected chi connectivity index (χ3v) is 2.97. The van der Waals surface area contributed by atoms with E-state index in [0.29, 0.717) is 0 Å². The van der Waals surface area contributed by atoms with Crippen molar-refractivity contribution < 1.29 is 30.3 Å². The van der Waals surface area contributed by atoms with Crippen LogP contribution in [0.15, 0.2) is 5.11 Å². The first kappa shape index (κ1) is 17.0. The van der Waals surface area contributed by atoms with Crippen molar-refractivity contribution in [1.82, 2.24) is 0 Å². The second-order valence-electron chi connectivity index (χ2n) is 4.31. The highest BCUT2D eigenvalue weighted by Crippen LogP contribution is 2.27. The maximum atomic E-state index is 12.2. The molecule has 1 unspecified atom stereocenters. The molecule has 0 radical (unpaired) electrons. The maximum Gasteiger partial charge on any atom is 0.523 e. The van der Waals surface area contributed by atoms with Crippen molar-refractivity contribution in [1.29, 1.82) is 0 Å². The summed E-state index contributed by atoms with van der Waals surface area (Å²) in [6, 6.07) is 0. The van der Waals surface area contributed by atoms with Gasteiger partial charge in [0.1, 0.15) is 0 Å². The van der Waals surface area contributed by atoms with E-state index in [9.17, 15) is 21.6 Å². The second kappa shape index (κ2) is 5.74. The summed E-state index contributed by atoms with van der Waals surface area (Å²) in [6.07, 6.45) is -1.44. The van der Waals surface area contributed by atoms with Crippen LogP contribution in [-0.2, 0) is 14.3 Å². The molecule has 106 valence electrons. The lowest BCUT2D eigenvalue weighted by molar-refractivity contribution is -0.915. The summed E-state index contributed by atoms with van der Waals surface area (Å²) >= 11 is 0. The Labute approximate surface area is 102 Å². The van der Waals surface area contributed by atoms with Gasteiger partial charge in [-0.1, -0.05) is 5.11 Å². The zero-order valence-electron chi connectivity index (χ0n) is 10.0. The Balaban J connectivity index is 4.98. The van der Waals surface area contributed by atoms with Crippen LogP contribution in [-0.4, -0.2) is 52.3 Å². The predicted octanol–water partition coefficient (Wildman–Crippen LogP) is 1.59. The van der Waals surface area contributed by atoms with E-state index in [4.69, 9.17) is 5.53 Å². The third kappa shape index (κ3) is 5.08. The molecular weight excluding hydrogens is 277 g/mol. The molecule has 0 fully saturated rings. The van der Waals surface area contributed by atoms with Crippen LogP contribution in [0.3, 0.4) is 0 Å². The monoisotopic (exact) mass is 291 g/mol. The molecule has 0 aromatic carbocycles. The van der Waals surface area contributed by atoms with Crippen LogP contribution < -0.4 is 0 Å². The molecule has 0 saturated heterocycles. The molecule has 11 heteroatoms. The Morgan fingerprint density at radius 1 is 1.39 bits per heavy atom. The van der Waals surface area contributed by atoms with Gasteiger partial charge in [-0.25, -0.2) is 4.18 Å². The van der Waals surface area contributed by atoms with Crippen molar-refractivity contribution >= 4 is 10.1 Å². The van der Waals surface area contributed by atoms with Crippen LogP contribution >= 0.6 is 0 Å². The molecule has 1 atom stereocenters. The smallest absolute Gasteiger partial charge is 0.305 e. The predicted molar refractivity (Wildman–Crippen MR) is 56.5 cm³/mol. The van der Waals surface area contributed by atoms with Crippen LogP contribution in [0.4, 0.5) is 13.2 Å². The van der Waals surface area contributed by atoms with Crippen LogP contribution in [0.25, 0.3) is 10.4 Å². The van der Waals surface area contributed by atoms with Gasteiger partial charge in [-0.05, 0) is 5.53 Å². The number of hydrogen-bond donors (Lipinski definition) is 0. The molecule has 0 heterocycles. The van der Waals surface area contributed by atoms with E-state index in [1.54, 1.807) is 0 Å². The van der Waals surface area contributed by atoms with E-state index < -0.39 is 21.9 Å². The van der Waals surface area contributed by atoms with E-state index in [-0.39, 0.29) is 17.4 Å². The number of rotatable bonds is 6. The van der Waals surface area contributed by atoms with Crippen molar-refractivity contribution in [2.45, 2.75) is 18.2 Å². The van der Waals surface area contributed by atoms with Gasteiger partial charge in [0.15, 0.2) is 0 Å². The molecule has 0 N–H and O–H groups in total. The summed E-state index contributed by atoms with van der Waals surface area (Å²) < 4.78 is 62.2. The first-order valence-corrected chi connectivity index (χ1v) is 6.14. The van der Waals surface area contributed by atoms with Crippen LogP contribution in [0.5, 0.6) is 0 Å². The molecule has 0 aliphatic carbocycles. The fourth-order valence-electron chi connectivity index (χ4n) is 0.978. The van der Waals surface area contributed by atoms with Crippen molar-refractivity contribution in [2.24, 2.45) is 5.11 Å². The Bertz CT molecular complexity index is 422. The molecule has 0 saturated carbocycles. The molecule has 0 amide bonds. The molecule has 18 heavy (non-hydrogen) atoms. The summed E-state index contributed by atoms with van der Waals surface area (Å²) in [5.41, 5.74) is 2.58. The summed E-state index contributed by atoms with van der Waals surface area (Å²) in [4.78, 5) is 2.43. The van der Waals surface area contributed by atoms with E-state index >= 15 is 0 Å². The molecule has 0 bridgehead atoms. The molecule has 0 aliphatic heterocycles. The van der Waals surface area contributed by atoms with E-state index in [1.165, 1.54) is 21.1 Å². The minimum Gasteiger partial charge on any atom is -0.305 e. The Kier molecular flexibility index (Phi) is 5.41. The molecule has 7 nitrogen and oxygen atoms in total. The lowest BCUT2D eigenvalue weighted by atomic mass is 10.3. The highest BCUT2D eigenvalue weighted by molar-refractivity contribution is 7.87. The fourth-order valence-corrected chi connectivity index (χ4v) is 1.73. The number of azide groups is 1. The fraction of sp³-hybridized carbons (Fsp3) is 1.00. The number of nitrogens with zero attached hydrogens (tertiary/aromatic N) is 4. The van der Waals surface area contributed by atoms with Crippen molar-refractivity contribution in [3.8, 4) is 0 Å². The highest BCUT2D eigenvalue weighted by Gasteiger charge is 2.50. The summed E-state index contributed by atoms with van der Waals surface area (Å²) in [5.74, 6) is 0. The zero-order chi connectivity index (χ0) is 14.6. The topological polar surface area (TPSA) is 92.1 Å². The van der Waals surface area contributed by atoms with E-state index in [0.717, 1.165) is 0 Å². The van der Waals surface area contributed by atoms with Gasteiger partial charge in [-0.2, -0.15) is 21.6 Å². The minimum absolute atomic E-state index is 0.150. The van der Waals surface area contributed by atoms with Gasteiger partial charge in [0.05, 0.1) is 21.1 Å². The average Bonchev–Trinajstić information content (AvgIpc) is 2.13. The minimum atomic E-state index is -5.67. The van der Waals surface area contributed by atoms with Gasteiger partial charge < -0.3 is 4.48 Å². The van der Waals surface area contributed by atoms with E-state index in [1.807, 2.05) is 0 Å². The molecule has 0 rings (SSSR count). The summed E-state index contributed by atoms with van der Waals surface area (Å²) in [5, 5.41) is 3.13. The van der Waals surface area contributed by atoms with Gasteiger partial charge in [-0.3, -0.25) is 0 Å². The standard InChI is InChI=1S/C7H14F3N4O3S/c1-14(2,3)6(4-5-12-13-11)17-18(15,16)7(8,9)10/h6H,4-5H2,1-3H3/q+1. The normalized spacial score (nSPS) is 15.0. The number of alkyl halides is 3. The first-order chi connectivity index (χ1) is 7.92. The van der Waals surface area contributed by atoms with Crippen molar-refractivity contribution in [2.75, 3.05) is 27.7 Å². The lowest BCUT2D eigenvalue weighted by Gasteiger charge is -2.32. The second-order valence-corrected chi connectivity index (χ2v) is 5.87. The maximum absolute atomic E-state index is 12.2. The van der Waals surface area contributed by atoms with Gasteiger partial charge in [0.25, 0.3) is 0 Å². The van der Waals surface area contributed by atoms with Gasteiger partial charge >= 0.3 is 15.6 Å². The Hall–Kier alpha value is -1.03. The van der Waals surface area contributed by atoms with Crippen LogP contribution in [0.2, 0.25) is 0 Å². The molecular formula is C7H14F3N4O3S+. The van der Waals surface area contributed by atoms with E-state index in [2.05, 4.69) is 14.2 Å². The summed E-state index contributed by atoms with van der Waals surface area (Å²) in [6.45, 7) is -0.163. The van der Waals surface area contributed by atoms with Crippen molar-refractivity contribution in [3.63, 3.8) is 0 Å². The van der Waals surface area contributed by atoms with Crippen molar-refractivity contribution in [3.05, 3.63) is 10.4 Å². The molecule has 0 aromatic rings. The number of halogens is 3. The largest absolute Gasteiger partial charge is 0.523 e.